The first-order valence-corrected chi connectivity index (χ1v) is 8.43. The van der Waals surface area contributed by atoms with Gasteiger partial charge in [-0.3, -0.25) is 19.7 Å². The second kappa shape index (κ2) is 7.03. The number of halogens is 2. The van der Waals surface area contributed by atoms with Gasteiger partial charge >= 0.3 is 0 Å². The van der Waals surface area contributed by atoms with Crippen molar-refractivity contribution in [2.75, 3.05) is 13.7 Å². The minimum absolute atomic E-state index is 0.0616. The summed E-state index contributed by atoms with van der Waals surface area (Å²) in [6, 6.07) is 8.93. The van der Waals surface area contributed by atoms with E-state index in [0.29, 0.717) is 16.6 Å². The van der Waals surface area contributed by atoms with Crippen molar-refractivity contribution < 1.29 is 19.4 Å². The lowest BCUT2D eigenvalue weighted by molar-refractivity contribution is -0.901. The van der Waals surface area contributed by atoms with Crippen LogP contribution in [0.4, 0.5) is 5.69 Å². The van der Waals surface area contributed by atoms with Crippen LogP contribution in [0, 0.1) is 10.1 Å². The zero-order valence-electron chi connectivity index (χ0n) is 13.7. The normalized spacial score (nSPS) is 14.5. The minimum Gasteiger partial charge on any atom is -0.316 e. The SMILES string of the molecule is C[NH+](Cc1ccc(Cl)c(Cl)c1)CN1C(=O)c2ccc([N+](=O)[O-])cc2C1=O. The highest BCUT2D eigenvalue weighted by atomic mass is 35.5. The Kier molecular flexibility index (Phi) is 4.95. The van der Waals surface area contributed by atoms with E-state index in [9.17, 15) is 19.7 Å². The molecule has 1 unspecified atom stereocenters. The summed E-state index contributed by atoms with van der Waals surface area (Å²) < 4.78 is 0. The van der Waals surface area contributed by atoms with Crippen molar-refractivity contribution in [2.45, 2.75) is 6.54 Å². The van der Waals surface area contributed by atoms with Crippen LogP contribution in [0.5, 0.6) is 0 Å². The number of quaternary nitrogens is 1. The molecule has 0 radical (unpaired) electrons. The second-order valence-corrected chi connectivity index (χ2v) is 6.88. The standard InChI is InChI=1S/C17H13Cl2N3O4/c1-20(8-10-2-5-14(18)15(19)6-10)9-21-16(23)12-4-3-11(22(25)26)7-13(12)17(21)24/h2-7H,8-9H2,1H3/p+1. The molecule has 0 aromatic heterocycles. The van der Waals surface area contributed by atoms with Crippen molar-refractivity contribution in [1.29, 1.82) is 0 Å². The van der Waals surface area contributed by atoms with E-state index >= 15 is 0 Å². The number of nitrogens with zero attached hydrogens (tertiary/aromatic N) is 2. The zero-order chi connectivity index (χ0) is 19.0. The maximum absolute atomic E-state index is 12.5. The number of imide groups is 1. The van der Waals surface area contributed by atoms with E-state index in [1.807, 2.05) is 13.1 Å². The van der Waals surface area contributed by atoms with E-state index in [-0.39, 0.29) is 23.5 Å². The largest absolute Gasteiger partial charge is 0.316 e. The summed E-state index contributed by atoms with van der Waals surface area (Å²) in [5.74, 6) is -0.976. The first-order valence-electron chi connectivity index (χ1n) is 7.68. The number of amides is 2. The third-order valence-electron chi connectivity index (χ3n) is 4.08. The number of fused-ring (bicyclic) bond motifs is 1. The molecule has 2 aromatic carbocycles. The molecule has 1 atom stereocenters. The van der Waals surface area contributed by atoms with Crippen LogP contribution in [0.25, 0.3) is 0 Å². The van der Waals surface area contributed by atoms with Crippen molar-refractivity contribution in [1.82, 2.24) is 4.90 Å². The molecular formula is C17H14Cl2N3O4+. The van der Waals surface area contributed by atoms with Gasteiger partial charge in [0.2, 0.25) is 0 Å². The number of hydrogen-bond acceptors (Lipinski definition) is 4. The number of nitro benzene ring substituents is 1. The number of nitro groups is 1. The Morgan fingerprint density at radius 2 is 1.73 bits per heavy atom. The lowest BCUT2D eigenvalue weighted by atomic mass is 10.1. The molecule has 7 nitrogen and oxygen atoms in total. The molecule has 134 valence electrons. The first-order chi connectivity index (χ1) is 12.3. The first kappa shape index (κ1) is 18.3. The molecule has 3 rings (SSSR count). The Morgan fingerprint density at radius 3 is 2.38 bits per heavy atom. The van der Waals surface area contributed by atoms with Crippen molar-refractivity contribution >= 4 is 40.7 Å². The lowest BCUT2D eigenvalue weighted by Crippen LogP contribution is -3.09. The summed E-state index contributed by atoms with van der Waals surface area (Å²) in [5.41, 5.74) is 0.932. The molecule has 0 fully saturated rings. The fourth-order valence-corrected chi connectivity index (χ4v) is 3.18. The third kappa shape index (κ3) is 3.41. The van der Waals surface area contributed by atoms with Gasteiger partial charge in [0.1, 0.15) is 6.54 Å². The van der Waals surface area contributed by atoms with Crippen LogP contribution in [-0.4, -0.2) is 35.4 Å². The topological polar surface area (TPSA) is 85.0 Å². The third-order valence-corrected chi connectivity index (χ3v) is 4.82. The van der Waals surface area contributed by atoms with E-state index in [1.165, 1.54) is 12.1 Å². The van der Waals surface area contributed by atoms with Crippen LogP contribution in [0.3, 0.4) is 0 Å². The monoisotopic (exact) mass is 394 g/mol. The lowest BCUT2D eigenvalue weighted by Gasteiger charge is -2.20. The maximum atomic E-state index is 12.5. The van der Waals surface area contributed by atoms with Gasteiger partial charge < -0.3 is 4.90 Å². The van der Waals surface area contributed by atoms with Gasteiger partial charge in [0.25, 0.3) is 17.5 Å². The highest BCUT2D eigenvalue weighted by Gasteiger charge is 2.38. The summed E-state index contributed by atoms with van der Waals surface area (Å²) in [6.07, 6.45) is 0. The fraction of sp³-hybridized carbons (Fsp3) is 0.176. The summed E-state index contributed by atoms with van der Waals surface area (Å²) in [6.45, 7) is 0.644. The molecule has 9 heteroatoms. The van der Waals surface area contributed by atoms with Crippen LogP contribution in [0.1, 0.15) is 26.3 Å². The van der Waals surface area contributed by atoms with Crippen molar-refractivity contribution in [3.8, 4) is 0 Å². The van der Waals surface area contributed by atoms with Crippen LogP contribution in [0.15, 0.2) is 36.4 Å². The van der Waals surface area contributed by atoms with Gasteiger partial charge in [-0.2, -0.15) is 0 Å². The summed E-state index contributed by atoms with van der Waals surface area (Å²) in [5, 5.41) is 11.8. The number of rotatable bonds is 5. The van der Waals surface area contributed by atoms with Gasteiger partial charge in [0, 0.05) is 17.7 Å². The molecular weight excluding hydrogens is 381 g/mol. The predicted octanol–water partition coefficient (Wildman–Crippen LogP) is 2.17. The highest BCUT2D eigenvalue weighted by Crippen LogP contribution is 2.26. The van der Waals surface area contributed by atoms with Crippen LogP contribution < -0.4 is 4.90 Å². The number of carbonyl (C=O) groups is 2. The molecule has 1 N–H and O–H groups in total. The molecule has 26 heavy (non-hydrogen) atoms. The van der Waals surface area contributed by atoms with Gasteiger partial charge in [-0.1, -0.05) is 29.3 Å². The van der Waals surface area contributed by atoms with Gasteiger partial charge in [-0.25, -0.2) is 4.90 Å². The molecule has 0 spiro atoms. The fourth-order valence-electron chi connectivity index (χ4n) is 2.86. The molecule has 0 bridgehead atoms. The molecule has 2 amide bonds. The van der Waals surface area contributed by atoms with Crippen molar-refractivity contribution in [3.05, 3.63) is 73.2 Å². The second-order valence-electron chi connectivity index (χ2n) is 6.07. The molecule has 2 aromatic rings. The highest BCUT2D eigenvalue weighted by molar-refractivity contribution is 6.42. The molecule has 0 saturated heterocycles. The quantitative estimate of drug-likeness (QED) is 0.478. The minimum atomic E-state index is -0.595. The van der Waals surface area contributed by atoms with E-state index in [1.54, 1.807) is 12.1 Å². The summed E-state index contributed by atoms with van der Waals surface area (Å²) in [4.78, 5) is 37.2. The molecule has 1 aliphatic rings. The van der Waals surface area contributed by atoms with Crippen LogP contribution in [-0.2, 0) is 6.54 Å². The molecule has 0 aliphatic carbocycles. The average molecular weight is 395 g/mol. The summed E-state index contributed by atoms with van der Waals surface area (Å²) in [7, 11) is 1.83. The Balaban J connectivity index is 1.75. The van der Waals surface area contributed by atoms with Crippen molar-refractivity contribution in [3.63, 3.8) is 0 Å². The van der Waals surface area contributed by atoms with Crippen LogP contribution >= 0.6 is 23.2 Å². The van der Waals surface area contributed by atoms with Crippen LogP contribution in [0.2, 0.25) is 10.0 Å². The number of carbonyl (C=O) groups excluding carboxylic acids is 2. The Hall–Kier alpha value is -2.48. The number of nitrogens with one attached hydrogen (secondary N) is 1. The van der Waals surface area contributed by atoms with E-state index in [2.05, 4.69) is 0 Å². The van der Waals surface area contributed by atoms with E-state index < -0.39 is 16.7 Å². The average Bonchev–Trinajstić information content (AvgIpc) is 2.82. The van der Waals surface area contributed by atoms with E-state index in [4.69, 9.17) is 23.2 Å². The number of non-ortho nitro benzene ring substituents is 1. The molecule has 1 heterocycles. The zero-order valence-corrected chi connectivity index (χ0v) is 15.2. The molecule has 1 aliphatic heterocycles. The predicted molar refractivity (Wildman–Crippen MR) is 95.5 cm³/mol. The van der Waals surface area contributed by atoms with E-state index in [0.717, 1.165) is 21.4 Å². The smallest absolute Gasteiger partial charge is 0.270 e. The Morgan fingerprint density at radius 1 is 1.04 bits per heavy atom. The number of benzene rings is 2. The van der Waals surface area contributed by atoms with Gasteiger partial charge in [-0.05, 0) is 18.2 Å². The van der Waals surface area contributed by atoms with Gasteiger partial charge in [0.15, 0.2) is 6.67 Å². The number of hydrogen-bond donors (Lipinski definition) is 1. The maximum Gasteiger partial charge on any atom is 0.270 e. The summed E-state index contributed by atoms with van der Waals surface area (Å²) >= 11 is 11.9. The van der Waals surface area contributed by atoms with Gasteiger partial charge in [0.05, 0.1) is 33.1 Å². The van der Waals surface area contributed by atoms with Crippen molar-refractivity contribution in [2.24, 2.45) is 0 Å². The Bertz CT molecular complexity index is 932. The Labute approximate surface area is 158 Å². The molecule has 0 saturated carbocycles. The van der Waals surface area contributed by atoms with Gasteiger partial charge in [-0.15, -0.1) is 0 Å².